The molecule has 1 aliphatic heterocycles. The minimum Gasteiger partial charge on any atom is -0.493 e. The number of rotatable bonds is 6. The highest BCUT2D eigenvalue weighted by Gasteiger charge is 2.18. The van der Waals surface area contributed by atoms with Gasteiger partial charge >= 0.3 is 0 Å². The zero-order valence-electron chi connectivity index (χ0n) is 14.4. The summed E-state index contributed by atoms with van der Waals surface area (Å²) in [5.41, 5.74) is 5.90. The maximum Gasteiger partial charge on any atom is 0.259 e. The second kappa shape index (κ2) is 8.33. The summed E-state index contributed by atoms with van der Waals surface area (Å²) in [6.45, 7) is 3.72. The van der Waals surface area contributed by atoms with Gasteiger partial charge in [-0.2, -0.15) is 5.10 Å². The number of benzene rings is 2. The largest absolute Gasteiger partial charge is 0.493 e. The smallest absolute Gasteiger partial charge is 0.259 e. The number of nitrogens with one attached hydrogen (secondary N) is 1. The molecule has 0 unspecified atom stereocenters. The van der Waals surface area contributed by atoms with Gasteiger partial charge < -0.3 is 9.64 Å². The summed E-state index contributed by atoms with van der Waals surface area (Å²) < 4.78 is 5.54. The van der Waals surface area contributed by atoms with Gasteiger partial charge in [0, 0.05) is 17.8 Å². The van der Waals surface area contributed by atoms with E-state index < -0.39 is 0 Å². The van der Waals surface area contributed by atoms with E-state index in [1.807, 2.05) is 43.3 Å². The van der Waals surface area contributed by atoms with Gasteiger partial charge in [0.1, 0.15) is 5.75 Å². The maximum absolute atomic E-state index is 12.2. The van der Waals surface area contributed by atoms with Crippen LogP contribution < -0.4 is 15.1 Å². The first kappa shape index (κ1) is 17.0. The van der Waals surface area contributed by atoms with E-state index in [4.69, 9.17) is 4.74 Å². The van der Waals surface area contributed by atoms with Crippen molar-refractivity contribution in [3.8, 4) is 5.75 Å². The minimum atomic E-state index is -0.123. The number of carbonyl (C=O) groups excluding carboxylic acids is 1. The molecule has 25 heavy (non-hydrogen) atoms. The van der Waals surface area contributed by atoms with Crippen molar-refractivity contribution in [3.05, 3.63) is 59.7 Å². The fourth-order valence-electron chi connectivity index (χ4n) is 3.03. The van der Waals surface area contributed by atoms with E-state index >= 15 is 0 Å². The fraction of sp³-hybridized carbons (Fsp3) is 0.300. The average Bonchev–Trinajstić information content (AvgIpc) is 2.64. The summed E-state index contributed by atoms with van der Waals surface area (Å²) >= 11 is 0. The van der Waals surface area contributed by atoms with Crippen LogP contribution in [0.25, 0.3) is 0 Å². The quantitative estimate of drug-likeness (QED) is 0.651. The van der Waals surface area contributed by atoms with Crippen molar-refractivity contribution >= 4 is 17.8 Å². The standard InChI is InChI=1S/C20H23N3O2/c1-2-25-19-12-6-4-9-17(19)14-21-22-20(24)15-23-13-7-10-16-8-3-5-11-18(16)23/h3-6,8-9,11-12,14H,2,7,10,13,15H2,1H3,(H,22,24)/b21-14-. The van der Waals surface area contributed by atoms with Crippen LogP contribution >= 0.6 is 0 Å². The molecule has 1 aliphatic rings. The van der Waals surface area contributed by atoms with Crippen molar-refractivity contribution in [1.29, 1.82) is 0 Å². The Morgan fingerprint density at radius 2 is 2.04 bits per heavy atom. The number of nitrogens with zero attached hydrogens (tertiary/aromatic N) is 2. The number of hydrazone groups is 1. The lowest BCUT2D eigenvalue weighted by Crippen LogP contribution is -2.38. The Kier molecular flexibility index (Phi) is 5.67. The number of para-hydroxylation sites is 2. The molecule has 2 aromatic rings. The SMILES string of the molecule is CCOc1ccccc1/C=N\NC(=O)CN1CCCc2ccccc21. The molecule has 2 aromatic carbocycles. The molecule has 1 N–H and O–H groups in total. The number of hydrogen-bond donors (Lipinski definition) is 1. The number of carbonyl (C=O) groups is 1. The van der Waals surface area contributed by atoms with Crippen molar-refractivity contribution in [2.45, 2.75) is 19.8 Å². The van der Waals surface area contributed by atoms with Crippen LogP contribution in [0.1, 0.15) is 24.5 Å². The number of aryl methyl sites for hydroxylation is 1. The van der Waals surface area contributed by atoms with Crippen LogP contribution in [-0.2, 0) is 11.2 Å². The topological polar surface area (TPSA) is 53.9 Å². The first-order valence-corrected chi connectivity index (χ1v) is 8.64. The van der Waals surface area contributed by atoms with Crippen LogP contribution in [0.5, 0.6) is 5.75 Å². The molecular formula is C20H23N3O2. The third kappa shape index (κ3) is 4.38. The molecule has 0 spiro atoms. The number of fused-ring (bicyclic) bond motifs is 1. The van der Waals surface area contributed by atoms with Gasteiger partial charge in [-0.3, -0.25) is 4.79 Å². The first-order valence-electron chi connectivity index (χ1n) is 8.64. The molecule has 130 valence electrons. The van der Waals surface area contributed by atoms with Crippen LogP contribution in [0.15, 0.2) is 53.6 Å². The van der Waals surface area contributed by atoms with Crippen molar-refractivity contribution in [2.75, 3.05) is 24.6 Å². The van der Waals surface area contributed by atoms with E-state index in [2.05, 4.69) is 27.6 Å². The van der Waals surface area contributed by atoms with Crippen LogP contribution in [0.3, 0.4) is 0 Å². The van der Waals surface area contributed by atoms with Gasteiger partial charge in [0.05, 0.1) is 19.4 Å². The van der Waals surface area contributed by atoms with Gasteiger partial charge in [-0.25, -0.2) is 5.43 Å². The highest BCUT2D eigenvalue weighted by Crippen LogP contribution is 2.26. The van der Waals surface area contributed by atoms with E-state index in [1.54, 1.807) is 6.21 Å². The minimum absolute atomic E-state index is 0.123. The molecular weight excluding hydrogens is 314 g/mol. The highest BCUT2D eigenvalue weighted by atomic mass is 16.5. The van der Waals surface area contributed by atoms with Gasteiger partial charge in [0.2, 0.25) is 0 Å². The predicted molar refractivity (Wildman–Crippen MR) is 100 cm³/mol. The molecule has 0 saturated heterocycles. The molecule has 1 heterocycles. The maximum atomic E-state index is 12.2. The lowest BCUT2D eigenvalue weighted by atomic mass is 10.0. The Morgan fingerprint density at radius 1 is 1.24 bits per heavy atom. The molecule has 5 heteroatoms. The van der Waals surface area contributed by atoms with Crippen molar-refractivity contribution < 1.29 is 9.53 Å². The molecule has 5 nitrogen and oxygen atoms in total. The Bertz CT molecular complexity index is 758. The lowest BCUT2D eigenvalue weighted by Gasteiger charge is -2.30. The summed E-state index contributed by atoms with van der Waals surface area (Å²) in [5, 5.41) is 4.07. The van der Waals surface area contributed by atoms with Gasteiger partial charge in [-0.1, -0.05) is 30.3 Å². The Balaban J connectivity index is 1.59. The first-order chi connectivity index (χ1) is 12.3. The summed E-state index contributed by atoms with van der Waals surface area (Å²) in [4.78, 5) is 14.3. The summed E-state index contributed by atoms with van der Waals surface area (Å²) in [5.74, 6) is 0.634. The number of amides is 1. The highest BCUT2D eigenvalue weighted by molar-refractivity contribution is 5.86. The Hall–Kier alpha value is -2.82. The molecule has 1 amide bonds. The Morgan fingerprint density at radius 3 is 2.92 bits per heavy atom. The third-order valence-corrected chi connectivity index (χ3v) is 4.15. The fourth-order valence-corrected chi connectivity index (χ4v) is 3.03. The molecule has 0 atom stereocenters. The molecule has 3 rings (SSSR count). The van der Waals surface area contributed by atoms with E-state index in [0.717, 1.165) is 36.4 Å². The number of ether oxygens (including phenoxy) is 1. The van der Waals surface area contributed by atoms with E-state index in [-0.39, 0.29) is 5.91 Å². The summed E-state index contributed by atoms with van der Waals surface area (Å²) in [6, 6.07) is 15.9. The predicted octanol–water partition coefficient (Wildman–Crippen LogP) is 2.99. The van der Waals surface area contributed by atoms with Crippen LogP contribution in [0.4, 0.5) is 5.69 Å². The summed E-state index contributed by atoms with van der Waals surface area (Å²) in [6.07, 6.45) is 3.75. The summed E-state index contributed by atoms with van der Waals surface area (Å²) in [7, 11) is 0. The second-order valence-corrected chi connectivity index (χ2v) is 5.92. The average molecular weight is 337 g/mol. The molecule has 0 fully saturated rings. The van der Waals surface area contributed by atoms with Crippen LogP contribution in [-0.4, -0.2) is 31.8 Å². The van der Waals surface area contributed by atoms with Crippen LogP contribution in [0, 0.1) is 0 Å². The van der Waals surface area contributed by atoms with Crippen molar-refractivity contribution in [2.24, 2.45) is 5.10 Å². The van der Waals surface area contributed by atoms with E-state index in [1.165, 1.54) is 5.56 Å². The monoisotopic (exact) mass is 337 g/mol. The lowest BCUT2D eigenvalue weighted by molar-refractivity contribution is -0.119. The number of hydrogen-bond acceptors (Lipinski definition) is 4. The molecule has 0 radical (unpaired) electrons. The van der Waals surface area contributed by atoms with Crippen LogP contribution in [0.2, 0.25) is 0 Å². The van der Waals surface area contributed by atoms with Gasteiger partial charge in [-0.05, 0) is 43.5 Å². The van der Waals surface area contributed by atoms with Crippen molar-refractivity contribution in [1.82, 2.24) is 5.43 Å². The van der Waals surface area contributed by atoms with Gasteiger partial charge in [0.25, 0.3) is 5.91 Å². The molecule has 0 aromatic heterocycles. The third-order valence-electron chi connectivity index (χ3n) is 4.15. The second-order valence-electron chi connectivity index (χ2n) is 5.92. The molecule has 0 bridgehead atoms. The zero-order valence-corrected chi connectivity index (χ0v) is 14.4. The van der Waals surface area contributed by atoms with E-state index in [9.17, 15) is 4.79 Å². The zero-order chi connectivity index (χ0) is 17.5. The molecule has 0 aliphatic carbocycles. The normalized spacial score (nSPS) is 13.6. The Labute approximate surface area is 148 Å². The van der Waals surface area contributed by atoms with Crippen molar-refractivity contribution in [3.63, 3.8) is 0 Å². The molecule has 0 saturated carbocycles. The number of anilines is 1. The van der Waals surface area contributed by atoms with E-state index in [0.29, 0.717) is 13.2 Å². The van der Waals surface area contributed by atoms with Gasteiger partial charge in [-0.15, -0.1) is 0 Å². The van der Waals surface area contributed by atoms with Gasteiger partial charge in [0.15, 0.2) is 0 Å².